The first kappa shape index (κ1) is 20.5. The summed E-state index contributed by atoms with van der Waals surface area (Å²) < 4.78 is 4.82. The molecule has 2 aromatic rings. The van der Waals surface area contributed by atoms with Crippen LogP contribution in [-0.4, -0.2) is 47.4 Å². The van der Waals surface area contributed by atoms with Gasteiger partial charge in [-0.25, -0.2) is 4.79 Å². The number of methoxy groups -OCH3 is 1. The van der Waals surface area contributed by atoms with Crippen molar-refractivity contribution in [3.63, 3.8) is 0 Å². The lowest BCUT2D eigenvalue weighted by Gasteiger charge is -2.25. The number of amides is 2. The summed E-state index contributed by atoms with van der Waals surface area (Å²) in [6, 6.07) is 10.5. The van der Waals surface area contributed by atoms with Gasteiger partial charge in [0.15, 0.2) is 11.6 Å². The summed E-state index contributed by atoms with van der Waals surface area (Å²) >= 11 is 0. The van der Waals surface area contributed by atoms with Crippen LogP contribution in [0.3, 0.4) is 0 Å². The average Bonchev–Trinajstić information content (AvgIpc) is 3.22. The van der Waals surface area contributed by atoms with Gasteiger partial charge in [-0.15, -0.1) is 0 Å². The molecule has 0 aromatic heterocycles. The highest BCUT2D eigenvalue weighted by atomic mass is 16.5. The van der Waals surface area contributed by atoms with Gasteiger partial charge in [0.1, 0.15) is 12.0 Å². The summed E-state index contributed by atoms with van der Waals surface area (Å²) in [6.07, 6.45) is -0.0779. The molecule has 158 valence electrons. The van der Waals surface area contributed by atoms with Crippen LogP contribution in [0.1, 0.15) is 61.0 Å². The second-order valence-electron chi connectivity index (χ2n) is 7.56. The molecule has 1 aliphatic heterocycles. The number of hydrogen-bond donors (Lipinski definition) is 1. The number of ether oxygens (including phenoxy) is 1. The maximum Gasteiger partial charge on any atom is 0.328 e. The van der Waals surface area contributed by atoms with Crippen LogP contribution in [-0.2, 0) is 20.9 Å². The molecular formula is C23H20N2O6. The van der Waals surface area contributed by atoms with Crippen molar-refractivity contribution in [2.75, 3.05) is 7.11 Å². The van der Waals surface area contributed by atoms with Crippen LogP contribution >= 0.6 is 0 Å². The van der Waals surface area contributed by atoms with Crippen LogP contribution in [0.25, 0.3) is 0 Å². The molecule has 8 nitrogen and oxygen atoms in total. The third-order valence-electron chi connectivity index (χ3n) is 5.84. The number of nitrogens with zero attached hydrogens (tertiary/aromatic N) is 1. The molecule has 0 radical (unpaired) electrons. The third-order valence-corrected chi connectivity index (χ3v) is 5.84. The highest BCUT2D eigenvalue weighted by Gasteiger charge is 2.44. The Morgan fingerprint density at radius 2 is 1.65 bits per heavy atom. The molecule has 0 fully saturated rings. The SMILES string of the molecule is COC(=O)C(CCC(N)=O)N1Cc2c(cccc2C2C(=O)c3ccccc3C2=O)C1=O. The molecule has 1 heterocycles. The summed E-state index contributed by atoms with van der Waals surface area (Å²) in [7, 11) is 1.20. The highest BCUT2D eigenvalue weighted by Crippen LogP contribution is 2.39. The van der Waals surface area contributed by atoms with Gasteiger partial charge in [-0.1, -0.05) is 36.4 Å². The molecule has 0 saturated heterocycles. The fraction of sp³-hybridized carbons (Fsp3) is 0.261. The first-order valence-corrected chi connectivity index (χ1v) is 9.81. The van der Waals surface area contributed by atoms with E-state index in [4.69, 9.17) is 10.5 Å². The lowest BCUT2D eigenvalue weighted by molar-refractivity contribution is -0.146. The predicted octanol–water partition coefficient (Wildman–Crippen LogP) is 1.61. The van der Waals surface area contributed by atoms with E-state index < -0.39 is 29.7 Å². The minimum atomic E-state index is -1.03. The Labute approximate surface area is 178 Å². The van der Waals surface area contributed by atoms with Crippen molar-refractivity contribution >= 4 is 29.4 Å². The number of Topliss-reactive ketones (excluding diaryl/α,β-unsaturated/α-hetero) is 2. The Hall–Kier alpha value is -3.81. The maximum atomic E-state index is 13.1. The fourth-order valence-electron chi connectivity index (χ4n) is 4.34. The number of rotatable bonds is 6. The van der Waals surface area contributed by atoms with Gasteiger partial charge in [-0.2, -0.15) is 0 Å². The minimum absolute atomic E-state index is 0.0177. The van der Waals surface area contributed by atoms with Crippen molar-refractivity contribution in [1.82, 2.24) is 4.90 Å². The Balaban J connectivity index is 1.71. The summed E-state index contributed by atoms with van der Waals surface area (Å²) in [4.78, 5) is 63.9. The number of carbonyl (C=O) groups excluding carboxylic acids is 5. The highest BCUT2D eigenvalue weighted by molar-refractivity contribution is 6.30. The van der Waals surface area contributed by atoms with E-state index in [1.54, 1.807) is 42.5 Å². The van der Waals surface area contributed by atoms with E-state index >= 15 is 0 Å². The molecule has 1 unspecified atom stereocenters. The topological polar surface area (TPSA) is 124 Å². The Kier molecular flexibility index (Phi) is 5.14. The molecule has 31 heavy (non-hydrogen) atoms. The Morgan fingerprint density at radius 3 is 2.23 bits per heavy atom. The zero-order valence-corrected chi connectivity index (χ0v) is 16.8. The molecule has 1 aliphatic carbocycles. The molecule has 2 N–H and O–H groups in total. The van der Waals surface area contributed by atoms with E-state index in [2.05, 4.69) is 0 Å². The standard InChI is InChI=1S/C23H20N2O6/c1-31-23(30)17(9-10-18(24)26)25-11-16-12(7-4-8-15(16)22(25)29)19-20(27)13-5-2-3-6-14(13)21(19)28/h2-8,17,19H,9-11H2,1H3,(H2,24,26). The number of benzene rings is 2. The zero-order valence-electron chi connectivity index (χ0n) is 16.8. The zero-order chi connectivity index (χ0) is 22.3. The van der Waals surface area contributed by atoms with Gasteiger partial charge in [0, 0.05) is 29.7 Å². The van der Waals surface area contributed by atoms with Crippen LogP contribution in [0.2, 0.25) is 0 Å². The van der Waals surface area contributed by atoms with Gasteiger partial charge in [0.05, 0.1) is 7.11 Å². The average molecular weight is 420 g/mol. The van der Waals surface area contributed by atoms with Gasteiger partial charge >= 0.3 is 5.97 Å². The second-order valence-corrected chi connectivity index (χ2v) is 7.56. The van der Waals surface area contributed by atoms with E-state index in [0.717, 1.165) is 0 Å². The molecule has 1 atom stereocenters. The summed E-state index contributed by atoms with van der Waals surface area (Å²) in [5.41, 5.74) is 7.25. The molecule has 2 aliphatic rings. The lowest BCUT2D eigenvalue weighted by Crippen LogP contribution is -2.42. The predicted molar refractivity (Wildman–Crippen MR) is 108 cm³/mol. The largest absolute Gasteiger partial charge is 0.467 e. The normalized spacial score (nSPS) is 16.3. The molecule has 0 bridgehead atoms. The van der Waals surface area contributed by atoms with E-state index in [-0.39, 0.29) is 31.0 Å². The summed E-state index contributed by atoms with van der Waals surface area (Å²) in [6.45, 7) is 0.0241. The summed E-state index contributed by atoms with van der Waals surface area (Å²) in [5.74, 6) is -3.33. The number of hydrogen-bond acceptors (Lipinski definition) is 6. The molecule has 2 amide bonds. The van der Waals surface area contributed by atoms with E-state index in [0.29, 0.717) is 27.8 Å². The first-order chi connectivity index (χ1) is 14.8. The van der Waals surface area contributed by atoms with Crippen LogP contribution in [0.5, 0.6) is 0 Å². The number of primary amides is 1. The van der Waals surface area contributed by atoms with Crippen LogP contribution in [0.4, 0.5) is 0 Å². The van der Waals surface area contributed by atoms with Crippen molar-refractivity contribution in [2.45, 2.75) is 31.3 Å². The van der Waals surface area contributed by atoms with Crippen molar-refractivity contribution in [1.29, 1.82) is 0 Å². The van der Waals surface area contributed by atoms with E-state index in [1.807, 2.05) is 0 Å². The van der Waals surface area contributed by atoms with Gasteiger partial charge in [0.25, 0.3) is 5.91 Å². The second kappa shape index (κ2) is 7.79. The summed E-state index contributed by atoms with van der Waals surface area (Å²) in [5, 5.41) is 0. The van der Waals surface area contributed by atoms with E-state index in [1.165, 1.54) is 12.0 Å². The Morgan fingerprint density at radius 1 is 1.03 bits per heavy atom. The first-order valence-electron chi connectivity index (χ1n) is 9.81. The van der Waals surface area contributed by atoms with E-state index in [9.17, 15) is 24.0 Å². The number of nitrogens with two attached hydrogens (primary N) is 1. The number of carbonyl (C=O) groups is 5. The smallest absolute Gasteiger partial charge is 0.328 e. The molecule has 0 saturated carbocycles. The number of fused-ring (bicyclic) bond motifs is 2. The molecular weight excluding hydrogens is 400 g/mol. The molecule has 0 spiro atoms. The maximum absolute atomic E-state index is 13.1. The number of esters is 1. The van der Waals surface area contributed by atoms with Gasteiger partial charge in [-0.05, 0) is 23.6 Å². The molecule has 4 rings (SSSR count). The van der Waals surface area contributed by atoms with Crippen LogP contribution in [0, 0.1) is 0 Å². The molecule has 2 aromatic carbocycles. The van der Waals surface area contributed by atoms with Gasteiger partial charge in [-0.3, -0.25) is 19.2 Å². The van der Waals surface area contributed by atoms with Crippen molar-refractivity contribution in [3.8, 4) is 0 Å². The Bertz CT molecular complexity index is 1100. The van der Waals surface area contributed by atoms with Crippen LogP contribution < -0.4 is 5.73 Å². The van der Waals surface area contributed by atoms with Gasteiger partial charge in [0.2, 0.25) is 5.91 Å². The van der Waals surface area contributed by atoms with Crippen molar-refractivity contribution in [3.05, 3.63) is 70.3 Å². The van der Waals surface area contributed by atoms with Crippen molar-refractivity contribution < 1.29 is 28.7 Å². The fourth-order valence-corrected chi connectivity index (χ4v) is 4.34. The quantitative estimate of drug-likeness (QED) is 0.559. The van der Waals surface area contributed by atoms with Crippen LogP contribution in [0.15, 0.2) is 42.5 Å². The molecule has 8 heteroatoms. The lowest BCUT2D eigenvalue weighted by atomic mass is 9.89. The monoisotopic (exact) mass is 420 g/mol. The third kappa shape index (κ3) is 3.30. The van der Waals surface area contributed by atoms with Gasteiger partial charge < -0.3 is 15.4 Å². The minimum Gasteiger partial charge on any atom is -0.467 e. The van der Waals surface area contributed by atoms with Crippen molar-refractivity contribution in [2.24, 2.45) is 5.73 Å². The number of ketones is 2.